The van der Waals surface area contributed by atoms with Crippen LogP contribution in [0, 0.1) is 11.8 Å². The van der Waals surface area contributed by atoms with Crippen LogP contribution in [0.1, 0.15) is 43.4 Å². The molecule has 1 aromatic carbocycles. The highest BCUT2D eigenvalue weighted by Gasteiger charge is 2.36. The fourth-order valence-electron chi connectivity index (χ4n) is 3.85. The molecule has 0 aromatic heterocycles. The van der Waals surface area contributed by atoms with Gasteiger partial charge in [0.1, 0.15) is 0 Å². The van der Waals surface area contributed by atoms with E-state index < -0.39 is 0 Å². The van der Waals surface area contributed by atoms with Crippen molar-refractivity contribution in [2.75, 3.05) is 20.1 Å². The Balaban J connectivity index is 1.72. The van der Waals surface area contributed by atoms with Crippen molar-refractivity contribution in [2.24, 2.45) is 11.8 Å². The molecule has 1 saturated heterocycles. The van der Waals surface area contributed by atoms with Crippen LogP contribution in [0.4, 0.5) is 0 Å². The molecule has 1 aliphatic heterocycles. The van der Waals surface area contributed by atoms with Crippen LogP contribution in [0.5, 0.6) is 0 Å². The SMILES string of the molecule is C[C@@H]1C[C@H](NC(=O)[C@H]2CN(C)C[C@@H]2C)c2ccccc21. The molecule has 0 unspecified atom stereocenters. The fraction of sp³-hybridized carbons (Fsp3) is 0.588. The van der Waals surface area contributed by atoms with Gasteiger partial charge >= 0.3 is 0 Å². The Kier molecular flexibility index (Phi) is 3.55. The number of fused-ring (bicyclic) bond motifs is 1. The summed E-state index contributed by atoms with van der Waals surface area (Å²) in [5.41, 5.74) is 2.71. The van der Waals surface area contributed by atoms with Gasteiger partial charge in [-0.1, -0.05) is 38.1 Å². The van der Waals surface area contributed by atoms with Gasteiger partial charge in [0.15, 0.2) is 0 Å². The molecule has 4 atom stereocenters. The summed E-state index contributed by atoms with van der Waals surface area (Å²) in [5.74, 6) is 1.37. The molecule has 3 rings (SSSR count). The van der Waals surface area contributed by atoms with Crippen molar-refractivity contribution < 1.29 is 4.79 Å². The van der Waals surface area contributed by atoms with Crippen LogP contribution in [-0.2, 0) is 4.79 Å². The third kappa shape index (κ3) is 2.35. The van der Waals surface area contributed by atoms with E-state index >= 15 is 0 Å². The van der Waals surface area contributed by atoms with Crippen molar-refractivity contribution >= 4 is 5.91 Å². The van der Waals surface area contributed by atoms with E-state index in [2.05, 4.69) is 55.4 Å². The summed E-state index contributed by atoms with van der Waals surface area (Å²) >= 11 is 0. The third-order valence-corrected chi connectivity index (χ3v) is 4.94. The Morgan fingerprint density at radius 3 is 2.55 bits per heavy atom. The zero-order valence-corrected chi connectivity index (χ0v) is 12.6. The highest BCUT2D eigenvalue weighted by molar-refractivity contribution is 5.80. The molecule has 1 heterocycles. The Hall–Kier alpha value is -1.35. The molecule has 0 bridgehead atoms. The topological polar surface area (TPSA) is 32.3 Å². The van der Waals surface area contributed by atoms with Gasteiger partial charge in [-0.25, -0.2) is 0 Å². The molecule has 0 saturated carbocycles. The number of rotatable bonds is 2. The van der Waals surface area contributed by atoms with Crippen molar-refractivity contribution in [1.29, 1.82) is 0 Å². The first-order chi connectivity index (χ1) is 9.56. The minimum absolute atomic E-state index is 0.142. The number of nitrogens with one attached hydrogen (secondary N) is 1. The highest BCUT2D eigenvalue weighted by Crippen LogP contribution is 2.40. The summed E-state index contributed by atoms with van der Waals surface area (Å²) in [6, 6.07) is 8.72. The minimum Gasteiger partial charge on any atom is -0.349 e. The van der Waals surface area contributed by atoms with Crippen LogP contribution in [-0.4, -0.2) is 30.9 Å². The molecule has 1 aliphatic carbocycles. The maximum atomic E-state index is 12.5. The summed E-state index contributed by atoms with van der Waals surface area (Å²) in [6.45, 7) is 6.34. The van der Waals surface area contributed by atoms with Gasteiger partial charge in [0, 0.05) is 13.1 Å². The quantitative estimate of drug-likeness (QED) is 0.897. The largest absolute Gasteiger partial charge is 0.349 e. The molecule has 108 valence electrons. The Labute approximate surface area is 121 Å². The van der Waals surface area contributed by atoms with E-state index in [1.165, 1.54) is 11.1 Å². The molecule has 0 spiro atoms. The van der Waals surface area contributed by atoms with Crippen LogP contribution in [0.25, 0.3) is 0 Å². The maximum absolute atomic E-state index is 12.5. The number of benzene rings is 1. The molecule has 20 heavy (non-hydrogen) atoms. The van der Waals surface area contributed by atoms with Gasteiger partial charge in [0.25, 0.3) is 0 Å². The molecule has 1 aromatic rings. The fourth-order valence-corrected chi connectivity index (χ4v) is 3.85. The average molecular weight is 272 g/mol. The van der Waals surface area contributed by atoms with E-state index in [9.17, 15) is 4.79 Å². The first-order valence-electron chi connectivity index (χ1n) is 7.64. The lowest BCUT2D eigenvalue weighted by molar-refractivity contribution is -0.126. The monoisotopic (exact) mass is 272 g/mol. The second-order valence-corrected chi connectivity index (χ2v) is 6.63. The summed E-state index contributed by atoms with van der Waals surface area (Å²) in [4.78, 5) is 14.8. The molecule has 3 nitrogen and oxygen atoms in total. The van der Waals surface area contributed by atoms with Crippen LogP contribution in [0.15, 0.2) is 24.3 Å². The standard InChI is InChI=1S/C17H24N2O/c1-11-8-16(14-7-5-4-6-13(11)14)18-17(20)15-10-19(3)9-12(15)2/h4-7,11-12,15-16H,8-10H2,1-3H3,(H,18,20)/t11-,12+,15+,16+/m1/s1. The zero-order valence-electron chi connectivity index (χ0n) is 12.6. The summed E-state index contributed by atoms with van der Waals surface area (Å²) < 4.78 is 0. The molecule has 2 aliphatic rings. The molecule has 3 heteroatoms. The van der Waals surface area contributed by atoms with Crippen molar-refractivity contribution in [1.82, 2.24) is 10.2 Å². The van der Waals surface area contributed by atoms with E-state index in [4.69, 9.17) is 0 Å². The Bertz CT molecular complexity index is 513. The third-order valence-electron chi connectivity index (χ3n) is 4.94. The van der Waals surface area contributed by atoms with E-state index in [0.717, 1.165) is 19.5 Å². The lowest BCUT2D eigenvalue weighted by atomic mass is 9.96. The number of hydrogen-bond acceptors (Lipinski definition) is 2. The highest BCUT2D eigenvalue weighted by atomic mass is 16.2. The average Bonchev–Trinajstić information content (AvgIpc) is 2.91. The number of carbonyl (C=O) groups is 1. The summed E-state index contributed by atoms with van der Waals surface area (Å²) in [5, 5.41) is 3.29. The van der Waals surface area contributed by atoms with Gasteiger partial charge in [-0.3, -0.25) is 4.79 Å². The first-order valence-corrected chi connectivity index (χ1v) is 7.64. The normalized spacial score (nSPS) is 33.1. The van der Waals surface area contributed by atoms with E-state index in [0.29, 0.717) is 11.8 Å². The first kappa shape index (κ1) is 13.6. The van der Waals surface area contributed by atoms with Gasteiger partial charge in [0.2, 0.25) is 5.91 Å². The van der Waals surface area contributed by atoms with Gasteiger partial charge in [0.05, 0.1) is 12.0 Å². The van der Waals surface area contributed by atoms with Gasteiger partial charge in [-0.15, -0.1) is 0 Å². The smallest absolute Gasteiger partial charge is 0.225 e. The molecular weight excluding hydrogens is 248 g/mol. The van der Waals surface area contributed by atoms with E-state index in [1.807, 2.05) is 0 Å². The minimum atomic E-state index is 0.142. The second-order valence-electron chi connectivity index (χ2n) is 6.63. The predicted octanol–water partition coefficient (Wildman–Crippen LogP) is 2.55. The number of likely N-dealkylation sites (tertiary alicyclic amines) is 1. The molecule has 0 radical (unpaired) electrons. The van der Waals surface area contributed by atoms with Gasteiger partial charge < -0.3 is 10.2 Å². The van der Waals surface area contributed by atoms with Gasteiger partial charge in [-0.2, -0.15) is 0 Å². The van der Waals surface area contributed by atoms with Crippen LogP contribution in [0.3, 0.4) is 0 Å². The number of hydrogen-bond donors (Lipinski definition) is 1. The van der Waals surface area contributed by atoms with E-state index in [-0.39, 0.29) is 17.9 Å². The van der Waals surface area contributed by atoms with Crippen LogP contribution < -0.4 is 5.32 Å². The Morgan fingerprint density at radius 1 is 1.20 bits per heavy atom. The van der Waals surface area contributed by atoms with Crippen LogP contribution >= 0.6 is 0 Å². The predicted molar refractivity (Wildman–Crippen MR) is 80.5 cm³/mol. The lowest BCUT2D eigenvalue weighted by Crippen LogP contribution is -2.36. The van der Waals surface area contributed by atoms with Crippen molar-refractivity contribution in [3.63, 3.8) is 0 Å². The van der Waals surface area contributed by atoms with Gasteiger partial charge in [-0.05, 0) is 36.4 Å². The van der Waals surface area contributed by atoms with E-state index in [1.54, 1.807) is 0 Å². The van der Waals surface area contributed by atoms with Crippen molar-refractivity contribution in [3.05, 3.63) is 35.4 Å². The summed E-state index contributed by atoms with van der Waals surface area (Å²) in [7, 11) is 2.09. The molecular formula is C17H24N2O. The van der Waals surface area contributed by atoms with Crippen molar-refractivity contribution in [2.45, 2.75) is 32.2 Å². The zero-order chi connectivity index (χ0) is 14.3. The molecule has 1 amide bonds. The number of carbonyl (C=O) groups excluding carboxylic acids is 1. The van der Waals surface area contributed by atoms with Crippen LogP contribution in [0.2, 0.25) is 0 Å². The number of nitrogens with zero attached hydrogens (tertiary/aromatic N) is 1. The van der Waals surface area contributed by atoms with Crippen molar-refractivity contribution in [3.8, 4) is 0 Å². The lowest BCUT2D eigenvalue weighted by Gasteiger charge is -2.19. The summed E-state index contributed by atoms with van der Waals surface area (Å²) in [6.07, 6.45) is 1.03. The molecule has 1 N–H and O–H groups in total. The Morgan fingerprint density at radius 2 is 1.90 bits per heavy atom. The second kappa shape index (κ2) is 5.21. The number of amides is 1. The maximum Gasteiger partial charge on any atom is 0.225 e. The molecule has 1 fully saturated rings.